The molecule has 0 saturated carbocycles. The molecule has 2 heteroatoms. The van der Waals surface area contributed by atoms with E-state index in [-0.39, 0.29) is 5.54 Å². The van der Waals surface area contributed by atoms with Crippen LogP contribution in [0.3, 0.4) is 0 Å². The maximum absolute atomic E-state index is 6.32. The van der Waals surface area contributed by atoms with E-state index in [1.165, 1.54) is 17.5 Å². The first-order valence-corrected chi connectivity index (χ1v) is 6.22. The summed E-state index contributed by atoms with van der Waals surface area (Å²) in [5.41, 5.74) is 9.03. The predicted molar refractivity (Wildman–Crippen MR) is 68.6 cm³/mol. The molecule has 0 amide bonds. The van der Waals surface area contributed by atoms with Crippen LogP contribution in [0.25, 0.3) is 0 Å². The lowest BCUT2D eigenvalue weighted by Gasteiger charge is -2.26. The van der Waals surface area contributed by atoms with Gasteiger partial charge in [-0.15, -0.1) is 0 Å². The molecular weight excluding hydrogens is 196 g/mol. The molecule has 1 aromatic rings. The fourth-order valence-corrected chi connectivity index (χ4v) is 2.59. The molecule has 0 aromatic heterocycles. The van der Waals surface area contributed by atoms with E-state index in [0.29, 0.717) is 5.92 Å². The van der Waals surface area contributed by atoms with Crippen molar-refractivity contribution >= 4 is 0 Å². The standard InChI is InChI=1S/C14H22N2/c1-3-5-11-6-4-7-12(8-11)13-9-16-10-14(13,2)15/h4,6-8,13,16H,3,5,9-10,15H2,1-2H3. The Labute approximate surface area is 98.2 Å². The Hall–Kier alpha value is -0.860. The van der Waals surface area contributed by atoms with Gasteiger partial charge in [-0.25, -0.2) is 0 Å². The monoisotopic (exact) mass is 218 g/mol. The van der Waals surface area contributed by atoms with Crippen LogP contribution >= 0.6 is 0 Å². The maximum atomic E-state index is 6.32. The highest BCUT2D eigenvalue weighted by Gasteiger charge is 2.35. The Morgan fingerprint density at radius 2 is 2.31 bits per heavy atom. The van der Waals surface area contributed by atoms with Crippen molar-refractivity contribution in [2.24, 2.45) is 5.73 Å². The highest BCUT2D eigenvalue weighted by Crippen LogP contribution is 2.30. The summed E-state index contributed by atoms with van der Waals surface area (Å²) >= 11 is 0. The largest absolute Gasteiger partial charge is 0.324 e. The summed E-state index contributed by atoms with van der Waals surface area (Å²) in [6.45, 7) is 6.28. The lowest BCUT2D eigenvalue weighted by Crippen LogP contribution is -2.42. The summed E-state index contributed by atoms with van der Waals surface area (Å²) in [5.74, 6) is 0.448. The maximum Gasteiger partial charge on any atom is 0.0333 e. The normalized spacial score (nSPS) is 29.6. The van der Waals surface area contributed by atoms with Crippen molar-refractivity contribution in [1.82, 2.24) is 5.32 Å². The van der Waals surface area contributed by atoms with Gasteiger partial charge in [0.05, 0.1) is 0 Å². The number of hydrogen-bond donors (Lipinski definition) is 2. The second kappa shape index (κ2) is 4.56. The Bertz CT molecular complexity index is 358. The summed E-state index contributed by atoms with van der Waals surface area (Å²) < 4.78 is 0. The average Bonchev–Trinajstić information content (AvgIpc) is 2.59. The van der Waals surface area contributed by atoms with Gasteiger partial charge in [-0.2, -0.15) is 0 Å². The minimum atomic E-state index is -0.106. The summed E-state index contributed by atoms with van der Waals surface area (Å²) in [7, 11) is 0. The van der Waals surface area contributed by atoms with Gasteiger partial charge in [0.25, 0.3) is 0 Å². The lowest BCUT2D eigenvalue weighted by molar-refractivity contribution is 0.462. The molecule has 88 valence electrons. The molecule has 0 bridgehead atoms. The Balaban J connectivity index is 2.23. The van der Waals surface area contributed by atoms with Crippen LogP contribution in [0.2, 0.25) is 0 Å². The van der Waals surface area contributed by atoms with E-state index in [9.17, 15) is 0 Å². The van der Waals surface area contributed by atoms with Gasteiger partial charge >= 0.3 is 0 Å². The fraction of sp³-hybridized carbons (Fsp3) is 0.571. The molecular formula is C14H22N2. The summed E-state index contributed by atoms with van der Waals surface area (Å²) in [5, 5.41) is 3.39. The number of rotatable bonds is 3. The summed E-state index contributed by atoms with van der Waals surface area (Å²) in [6.07, 6.45) is 2.36. The van der Waals surface area contributed by atoms with Gasteiger partial charge in [0.15, 0.2) is 0 Å². The van der Waals surface area contributed by atoms with E-state index in [4.69, 9.17) is 5.73 Å². The van der Waals surface area contributed by atoms with Crippen LogP contribution in [0, 0.1) is 0 Å². The van der Waals surface area contributed by atoms with Crippen LogP contribution in [0.5, 0.6) is 0 Å². The molecule has 0 radical (unpaired) electrons. The summed E-state index contributed by atoms with van der Waals surface area (Å²) in [6, 6.07) is 8.91. The first-order chi connectivity index (χ1) is 7.63. The zero-order valence-corrected chi connectivity index (χ0v) is 10.3. The number of nitrogens with two attached hydrogens (primary N) is 1. The van der Waals surface area contributed by atoms with Gasteiger partial charge in [0.1, 0.15) is 0 Å². The molecule has 1 saturated heterocycles. The second-order valence-electron chi connectivity index (χ2n) is 5.18. The quantitative estimate of drug-likeness (QED) is 0.815. The zero-order valence-electron chi connectivity index (χ0n) is 10.3. The number of nitrogens with one attached hydrogen (secondary N) is 1. The van der Waals surface area contributed by atoms with Crippen LogP contribution in [0.15, 0.2) is 24.3 Å². The van der Waals surface area contributed by atoms with Crippen LogP contribution < -0.4 is 11.1 Å². The minimum absolute atomic E-state index is 0.106. The van der Waals surface area contributed by atoms with E-state index in [2.05, 4.69) is 43.4 Å². The zero-order chi connectivity index (χ0) is 11.6. The molecule has 1 aliphatic heterocycles. The summed E-state index contributed by atoms with van der Waals surface area (Å²) in [4.78, 5) is 0. The molecule has 3 N–H and O–H groups in total. The molecule has 2 rings (SSSR count). The smallest absolute Gasteiger partial charge is 0.0333 e. The lowest BCUT2D eigenvalue weighted by atomic mass is 9.83. The molecule has 16 heavy (non-hydrogen) atoms. The van der Waals surface area contributed by atoms with E-state index >= 15 is 0 Å². The molecule has 2 nitrogen and oxygen atoms in total. The Morgan fingerprint density at radius 3 is 2.94 bits per heavy atom. The topological polar surface area (TPSA) is 38.0 Å². The van der Waals surface area contributed by atoms with Crippen molar-refractivity contribution in [3.05, 3.63) is 35.4 Å². The first kappa shape index (κ1) is 11.6. The van der Waals surface area contributed by atoms with Gasteiger partial charge in [0.2, 0.25) is 0 Å². The van der Waals surface area contributed by atoms with Crippen molar-refractivity contribution in [2.75, 3.05) is 13.1 Å². The molecule has 1 aromatic carbocycles. The molecule has 1 fully saturated rings. The van der Waals surface area contributed by atoms with Crippen LogP contribution in [-0.4, -0.2) is 18.6 Å². The van der Waals surface area contributed by atoms with Crippen molar-refractivity contribution in [2.45, 2.75) is 38.1 Å². The average molecular weight is 218 g/mol. The van der Waals surface area contributed by atoms with Gasteiger partial charge in [-0.3, -0.25) is 0 Å². The van der Waals surface area contributed by atoms with Crippen LogP contribution in [0.1, 0.15) is 37.3 Å². The van der Waals surface area contributed by atoms with Crippen molar-refractivity contribution in [1.29, 1.82) is 0 Å². The van der Waals surface area contributed by atoms with E-state index < -0.39 is 0 Å². The molecule has 0 spiro atoms. The molecule has 2 unspecified atom stereocenters. The third-order valence-corrected chi connectivity index (χ3v) is 3.54. The van der Waals surface area contributed by atoms with Gasteiger partial charge in [0, 0.05) is 24.5 Å². The third kappa shape index (κ3) is 2.28. The van der Waals surface area contributed by atoms with Crippen molar-refractivity contribution in [3.8, 4) is 0 Å². The Morgan fingerprint density at radius 1 is 1.50 bits per heavy atom. The number of benzene rings is 1. The first-order valence-electron chi connectivity index (χ1n) is 6.22. The number of aryl methyl sites for hydroxylation is 1. The second-order valence-corrected chi connectivity index (χ2v) is 5.18. The fourth-order valence-electron chi connectivity index (χ4n) is 2.59. The minimum Gasteiger partial charge on any atom is -0.324 e. The van der Waals surface area contributed by atoms with E-state index in [1.54, 1.807) is 0 Å². The van der Waals surface area contributed by atoms with E-state index in [1.807, 2.05) is 0 Å². The predicted octanol–water partition coefficient (Wildman–Crippen LogP) is 2.04. The van der Waals surface area contributed by atoms with Gasteiger partial charge < -0.3 is 11.1 Å². The van der Waals surface area contributed by atoms with Crippen molar-refractivity contribution in [3.63, 3.8) is 0 Å². The Kier molecular flexibility index (Phi) is 3.31. The van der Waals surface area contributed by atoms with Crippen LogP contribution in [-0.2, 0) is 6.42 Å². The van der Waals surface area contributed by atoms with Gasteiger partial charge in [-0.1, -0.05) is 37.6 Å². The molecule has 1 heterocycles. The number of hydrogen-bond acceptors (Lipinski definition) is 2. The van der Waals surface area contributed by atoms with Crippen molar-refractivity contribution < 1.29 is 0 Å². The van der Waals surface area contributed by atoms with Crippen LogP contribution in [0.4, 0.5) is 0 Å². The van der Waals surface area contributed by atoms with E-state index in [0.717, 1.165) is 19.5 Å². The molecule has 1 aliphatic rings. The highest BCUT2D eigenvalue weighted by atomic mass is 15.0. The highest BCUT2D eigenvalue weighted by molar-refractivity contribution is 5.30. The SMILES string of the molecule is CCCc1cccc(C2CNCC2(C)N)c1. The molecule has 2 atom stereocenters. The third-order valence-electron chi connectivity index (χ3n) is 3.54. The molecule has 0 aliphatic carbocycles. The van der Waals surface area contributed by atoms with Gasteiger partial charge in [-0.05, 0) is 24.5 Å².